The summed E-state index contributed by atoms with van der Waals surface area (Å²) in [6, 6.07) is 4.32. The number of aromatic nitrogens is 3. The van der Waals surface area contributed by atoms with Gasteiger partial charge < -0.3 is 5.11 Å². The predicted molar refractivity (Wildman–Crippen MR) is 81.4 cm³/mol. The summed E-state index contributed by atoms with van der Waals surface area (Å²) in [5.41, 5.74) is 0.692. The summed E-state index contributed by atoms with van der Waals surface area (Å²) in [7, 11) is 0. The van der Waals surface area contributed by atoms with Gasteiger partial charge in [0.15, 0.2) is 5.16 Å². The van der Waals surface area contributed by atoms with Crippen LogP contribution >= 0.6 is 27.7 Å². The van der Waals surface area contributed by atoms with Crippen molar-refractivity contribution in [3.05, 3.63) is 34.3 Å². The van der Waals surface area contributed by atoms with Crippen LogP contribution in [0, 0.1) is 5.82 Å². The highest BCUT2D eigenvalue weighted by molar-refractivity contribution is 9.10. The Morgan fingerprint density at radius 3 is 2.86 bits per heavy atom. The van der Waals surface area contributed by atoms with Gasteiger partial charge in [-0.05, 0) is 40.5 Å². The van der Waals surface area contributed by atoms with Crippen molar-refractivity contribution in [1.82, 2.24) is 14.8 Å². The number of aryl methyl sites for hydroxylation is 1. The van der Waals surface area contributed by atoms with E-state index in [2.05, 4.69) is 26.1 Å². The maximum absolute atomic E-state index is 13.2. The third kappa shape index (κ3) is 3.82. The molecule has 0 bridgehead atoms. The highest BCUT2D eigenvalue weighted by Crippen LogP contribution is 2.28. The zero-order chi connectivity index (χ0) is 15.4. The number of carboxylic acids is 1. The van der Waals surface area contributed by atoms with Crippen molar-refractivity contribution < 1.29 is 14.3 Å². The third-order valence-electron chi connectivity index (χ3n) is 2.65. The van der Waals surface area contributed by atoms with Crippen LogP contribution in [-0.2, 0) is 11.2 Å². The summed E-state index contributed by atoms with van der Waals surface area (Å²) >= 11 is 4.41. The second-order valence-electron chi connectivity index (χ2n) is 4.26. The molecule has 1 N–H and O–H groups in total. The molecule has 0 spiro atoms. The van der Waals surface area contributed by atoms with Crippen LogP contribution in [0.4, 0.5) is 4.39 Å². The minimum atomic E-state index is -0.926. The molecule has 1 aromatic heterocycles. The van der Waals surface area contributed by atoms with E-state index in [4.69, 9.17) is 5.11 Å². The average Bonchev–Trinajstić information content (AvgIpc) is 2.80. The fraction of sp³-hybridized carbons (Fsp3) is 0.308. The highest BCUT2D eigenvalue weighted by Gasteiger charge is 2.17. The molecule has 0 atom stereocenters. The molecule has 21 heavy (non-hydrogen) atoms. The number of carbonyl (C=O) groups is 1. The van der Waals surface area contributed by atoms with Gasteiger partial charge >= 0.3 is 5.97 Å². The number of halogens is 2. The van der Waals surface area contributed by atoms with Crippen LogP contribution in [0.3, 0.4) is 0 Å². The molecule has 1 heterocycles. The lowest BCUT2D eigenvalue weighted by atomic mass is 10.3. The highest BCUT2D eigenvalue weighted by atomic mass is 79.9. The number of aliphatic carboxylic acids is 1. The Kier molecular flexibility index (Phi) is 5.35. The second kappa shape index (κ2) is 7.04. The van der Waals surface area contributed by atoms with E-state index in [0.717, 1.165) is 24.0 Å². The van der Waals surface area contributed by atoms with E-state index in [-0.39, 0.29) is 11.6 Å². The SMILES string of the molecule is CCCc1nnc(SCC(=O)O)n1-c1ccc(F)cc1Br. The number of rotatable bonds is 6. The molecule has 0 saturated heterocycles. The van der Waals surface area contributed by atoms with E-state index >= 15 is 0 Å². The number of thioether (sulfide) groups is 1. The number of nitrogens with zero attached hydrogens (tertiary/aromatic N) is 3. The quantitative estimate of drug-likeness (QED) is 0.786. The lowest BCUT2D eigenvalue weighted by Crippen LogP contribution is -2.05. The van der Waals surface area contributed by atoms with Crippen molar-refractivity contribution in [2.24, 2.45) is 0 Å². The molecule has 0 saturated carbocycles. The smallest absolute Gasteiger partial charge is 0.313 e. The first kappa shape index (κ1) is 16.0. The summed E-state index contributed by atoms with van der Waals surface area (Å²) in [4.78, 5) is 10.7. The number of hydrogen-bond acceptors (Lipinski definition) is 4. The van der Waals surface area contributed by atoms with Gasteiger partial charge in [-0.2, -0.15) is 0 Å². The maximum atomic E-state index is 13.2. The van der Waals surface area contributed by atoms with E-state index in [9.17, 15) is 9.18 Å². The molecule has 0 aliphatic rings. The molecule has 112 valence electrons. The monoisotopic (exact) mass is 373 g/mol. The van der Waals surface area contributed by atoms with Gasteiger partial charge in [-0.3, -0.25) is 9.36 Å². The van der Waals surface area contributed by atoms with Gasteiger partial charge in [0, 0.05) is 10.9 Å². The summed E-state index contributed by atoms with van der Waals surface area (Å²) < 4.78 is 15.6. The Labute approximate surface area is 133 Å². The van der Waals surface area contributed by atoms with Crippen molar-refractivity contribution in [1.29, 1.82) is 0 Å². The summed E-state index contributed by atoms with van der Waals surface area (Å²) in [5, 5.41) is 17.4. The van der Waals surface area contributed by atoms with Crippen molar-refractivity contribution in [2.75, 3.05) is 5.75 Å². The minimum absolute atomic E-state index is 0.108. The van der Waals surface area contributed by atoms with Crippen molar-refractivity contribution >= 4 is 33.7 Å². The third-order valence-corrected chi connectivity index (χ3v) is 4.20. The van der Waals surface area contributed by atoms with Gasteiger partial charge in [0.25, 0.3) is 0 Å². The van der Waals surface area contributed by atoms with E-state index < -0.39 is 5.97 Å². The molecule has 0 radical (unpaired) electrons. The van der Waals surface area contributed by atoms with E-state index in [1.54, 1.807) is 10.6 Å². The van der Waals surface area contributed by atoms with Gasteiger partial charge in [0.2, 0.25) is 0 Å². The summed E-state index contributed by atoms with van der Waals surface area (Å²) in [6.45, 7) is 2.02. The van der Waals surface area contributed by atoms with Gasteiger partial charge in [-0.15, -0.1) is 10.2 Å². The Morgan fingerprint density at radius 1 is 1.48 bits per heavy atom. The molecule has 2 aromatic rings. The molecule has 0 aliphatic carbocycles. The Balaban J connectivity index is 2.47. The summed E-state index contributed by atoms with van der Waals surface area (Å²) in [6.07, 6.45) is 1.57. The molecule has 0 aliphatic heterocycles. The largest absolute Gasteiger partial charge is 0.481 e. The first-order chi connectivity index (χ1) is 10.0. The molecule has 0 fully saturated rings. The van der Waals surface area contributed by atoms with Gasteiger partial charge in [-0.25, -0.2) is 4.39 Å². The van der Waals surface area contributed by atoms with Crippen LogP contribution in [0.5, 0.6) is 0 Å². The second-order valence-corrected chi connectivity index (χ2v) is 6.06. The average molecular weight is 374 g/mol. The lowest BCUT2D eigenvalue weighted by Gasteiger charge is -2.11. The lowest BCUT2D eigenvalue weighted by molar-refractivity contribution is -0.133. The van der Waals surface area contributed by atoms with Crippen LogP contribution in [0.25, 0.3) is 5.69 Å². The van der Waals surface area contributed by atoms with Crippen molar-refractivity contribution in [3.63, 3.8) is 0 Å². The van der Waals surface area contributed by atoms with Gasteiger partial charge in [0.05, 0.1) is 11.4 Å². The predicted octanol–water partition coefficient (Wildman–Crippen LogP) is 3.30. The van der Waals surface area contributed by atoms with Crippen LogP contribution in [0.1, 0.15) is 19.2 Å². The van der Waals surface area contributed by atoms with Gasteiger partial charge in [0.1, 0.15) is 11.6 Å². The van der Waals surface area contributed by atoms with Crippen LogP contribution < -0.4 is 0 Å². The number of carboxylic acid groups (broad SMARTS) is 1. The molecule has 1 aromatic carbocycles. The van der Waals surface area contributed by atoms with Gasteiger partial charge in [-0.1, -0.05) is 18.7 Å². The molecule has 0 unspecified atom stereocenters. The Hall–Kier alpha value is -1.41. The summed E-state index contributed by atoms with van der Waals surface area (Å²) in [5.74, 6) is -0.666. The molecular formula is C13H13BrFN3O2S. The fourth-order valence-corrected chi connectivity index (χ4v) is 3.02. The molecule has 2 rings (SSSR count). The molecule has 5 nitrogen and oxygen atoms in total. The maximum Gasteiger partial charge on any atom is 0.313 e. The first-order valence-corrected chi connectivity index (χ1v) is 8.05. The molecular weight excluding hydrogens is 361 g/mol. The van der Waals surface area contributed by atoms with Crippen molar-refractivity contribution in [3.8, 4) is 5.69 Å². The fourth-order valence-electron chi connectivity index (χ4n) is 1.81. The van der Waals surface area contributed by atoms with Crippen LogP contribution in [-0.4, -0.2) is 31.6 Å². The first-order valence-electron chi connectivity index (χ1n) is 6.27. The Bertz CT molecular complexity index is 663. The van der Waals surface area contributed by atoms with Crippen molar-refractivity contribution in [2.45, 2.75) is 24.9 Å². The zero-order valence-electron chi connectivity index (χ0n) is 11.2. The van der Waals surface area contributed by atoms with E-state index in [1.807, 2.05) is 6.92 Å². The minimum Gasteiger partial charge on any atom is -0.481 e. The molecule has 8 heteroatoms. The van der Waals surface area contributed by atoms with Crippen LogP contribution in [0.15, 0.2) is 27.8 Å². The molecule has 0 amide bonds. The number of benzene rings is 1. The normalized spacial score (nSPS) is 10.8. The Morgan fingerprint density at radius 2 is 2.24 bits per heavy atom. The zero-order valence-corrected chi connectivity index (χ0v) is 13.6. The standard InChI is InChI=1S/C13H13BrFN3O2S/c1-2-3-11-16-17-13(21-7-12(19)20)18(11)10-5-4-8(15)6-9(10)14/h4-6H,2-3,7H2,1H3,(H,19,20). The van der Waals surface area contributed by atoms with E-state index in [0.29, 0.717) is 21.7 Å². The van der Waals surface area contributed by atoms with Crippen LogP contribution in [0.2, 0.25) is 0 Å². The topological polar surface area (TPSA) is 68.0 Å². The van der Waals surface area contributed by atoms with E-state index in [1.165, 1.54) is 12.1 Å². The number of hydrogen-bond donors (Lipinski definition) is 1.